The maximum Gasteiger partial charge on any atom is 0.245 e. The van der Waals surface area contributed by atoms with E-state index in [1.807, 2.05) is 4.57 Å². The minimum absolute atomic E-state index is 0.102. The van der Waals surface area contributed by atoms with Crippen LogP contribution in [0.1, 0.15) is 12.7 Å². The minimum Gasteiger partial charge on any atom is -0.452 e. The van der Waals surface area contributed by atoms with E-state index in [1.54, 1.807) is 32.7 Å². The van der Waals surface area contributed by atoms with E-state index in [2.05, 4.69) is 31.0 Å². The fourth-order valence-electron chi connectivity index (χ4n) is 1.92. The van der Waals surface area contributed by atoms with Gasteiger partial charge < -0.3 is 14.3 Å². The van der Waals surface area contributed by atoms with Gasteiger partial charge in [-0.25, -0.2) is 18.1 Å². The Kier molecular flexibility index (Phi) is 5.20. The highest BCUT2D eigenvalue weighted by atomic mass is 79.9. The maximum absolute atomic E-state index is 12.4. The number of aromatic nitrogens is 2. The first-order valence-electron chi connectivity index (χ1n) is 6.33. The zero-order chi connectivity index (χ0) is 15.5. The number of nitrogens with one attached hydrogen (secondary N) is 2. The molecule has 2 aromatic heterocycles. The van der Waals surface area contributed by atoms with Crippen molar-refractivity contribution in [3.05, 3.63) is 35.2 Å². The van der Waals surface area contributed by atoms with Crippen molar-refractivity contribution in [3.8, 4) is 0 Å². The molecule has 0 amide bonds. The lowest BCUT2D eigenvalue weighted by Crippen LogP contribution is -2.35. The number of nitrogens with zero attached hydrogens (tertiary/aromatic N) is 2. The van der Waals surface area contributed by atoms with Gasteiger partial charge in [-0.3, -0.25) is 0 Å². The Morgan fingerprint density at radius 3 is 2.90 bits per heavy atom. The lowest BCUT2D eigenvalue weighted by molar-refractivity contribution is 0.469. The monoisotopic (exact) mass is 376 g/mol. The van der Waals surface area contributed by atoms with Gasteiger partial charge in [0.25, 0.3) is 0 Å². The van der Waals surface area contributed by atoms with E-state index in [-0.39, 0.29) is 15.6 Å². The second kappa shape index (κ2) is 6.73. The lowest BCUT2D eigenvalue weighted by atomic mass is 10.4. The lowest BCUT2D eigenvalue weighted by Gasteiger charge is -2.14. The number of hydrogen-bond acceptors (Lipinski definition) is 5. The van der Waals surface area contributed by atoms with Crippen LogP contribution in [0.25, 0.3) is 0 Å². The molecule has 0 aliphatic carbocycles. The molecule has 2 rings (SSSR count). The molecule has 2 aromatic rings. The van der Waals surface area contributed by atoms with E-state index < -0.39 is 10.0 Å². The van der Waals surface area contributed by atoms with Crippen molar-refractivity contribution in [3.63, 3.8) is 0 Å². The number of furan rings is 1. The Labute approximate surface area is 131 Å². The van der Waals surface area contributed by atoms with E-state index in [0.717, 1.165) is 0 Å². The van der Waals surface area contributed by atoms with Gasteiger partial charge in [-0.15, -0.1) is 0 Å². The standard InChI is InChI=1S/C12H17BrN4O3S/c1-9(7-17-4-3-15-8-17)16-21(18,19)11-5-10(6-14-2)20-12(11)13/h3-5,8-9,14,16H,6-7H2,1-2H3. The van der Waals surface area contributed by atoms with Gasteiger partial charge in [-0.05, 0) is 29.9 Å². The SMILES string of the molecule is CNCc1cc(S(=O)(=O)NC(C)Cn2ccnc2)c(Br)o1. The highest BCUT2D eigenvalue weighted by molar-refractivity contribution is 9.10. The summed E-state index contributed by atoms with van der Waals surface area (Å²) in [4.78, 5) is 4.03. The minimum atomic E-state index is -3.64. The number of hydrogen-bond donors (Lipinski definition) is 2. The molecule has 2 N–H and O–H groups in total. The summed E-state index contributed by atoms with van der Waals surface area (Å²) < 4.78 is 34.7. The van der Waals surface area contributed by atoms with Gasteiger partial charge in [-0.2, -0.15) is 0 Å². The van der Waals surface area contributed by atoms with Gasteiger partial charge in [0, 0.05) is 31.0 Å². The molecule has 116 valence electrons. The molecule has 0 aliphatic heterocycles. The zero-order valence-corrected chi connectivity index (χ0v) is 14.1. The van der Waals surface area contributed by atoms with Crippen molar-refractivity contribution in [2.75, 3.05) is 7.05 Å². The summed E-state index contributed by atoms with van der Waals surface area (Å²) in [6, 6.07) is 1.23. The molecule has 9 heteroatoms. The first kappa shape index (κ1) is 16.2. The van der Waals surface area contributed by atoms with Crippen LogP contribution in [0.2, 0.25) is 0 Å². The number of halogens is 1. The first-order valence-corrected chi connectivity index (χ1v) is 8.61. The predicted octanol–water partition coefficient (Wildman–Crippen LogP) is 1.33. The Balaban J connectivity index is 2.10. The normalized spacial score (nSPS) is 13.5. The first-order chi connectivity index (χ1) is 9.92. The van der Waals surface area contributed by atoms with Crippen LogP contribution in [-0.2, 0) is 23.1 Å². The second-order valence-corrected chi connectivity index (χ2v) is 7.07. The summed E-state index contributed by atoms with van der Waals surface area (Å²) in [5.41, 5.74) is 0. The quantitative estimate of drug-likeness (QED) is 0.760. The molecular formula is C12H17BrN4O3S. The Morgan fingerprint density at radius 1 is 1.52 bits per heavy atom. The van der Waals surface area contributed by atoms with E-state index in [9.17, 15) is 8.42 Å². The third-order valence-corrected chi connectivity index (χ3v) is 5.19. The summed E-state index contributed by atoms with van der Waals surface area (Å²) in [6.45, 7) is 2.75. The largest absolute Gasteiger partial charge is 0.452 e. The molecule has 0 fully saturated rings. The molecule has 1 unspecified atom stereocenters. The van der Waals surface area contributed by atoms with Gasteiger partial charge in [0.1, 0.15) is 10.7 Å². The fourth-order valence-corrected chi connectivity index (χ4v) is 4.15. The van der Waals surface area contributed by atoms with E-state index in [0.29, 0.717) is 18.8 Å². The van der Waals surface area contributed by atoms with Crippen LogP contribution in [0.15, 0.2) is 38.8 Å². The van der Waals surface area contributed by atoms with Gasteiger partial charge in [0.2, 0.25) is 10.0 Å². The molecular weight excluding hydrogens is 360 g/mol. The van der Waals surface area contributed by atoms with Crippen LogP contribution in [0.4, 0.5) is 0 Å². The molecule has 0 radical (unpaired) electrons. The summed E-state index contributed by atoms with van der Waals surface area (Å²) in [7, 11) is -1.88. The van der Waals surface area contributed by atoms with Crippen LogP contribution in [-0.4, -0.2) is 31.1 Å². The Morgan fingerprint density at radius 2 is 2.29 bits per heavy atom. The van der Waals surface area contributed by atoms with Crippen molar-refractivity contribution < 1.29 is 12.8 Å². The van der Waals surface area contributed by atoms with Gasteiger partial charge in [0.15, 0.2) is 4.67 Å². The van der Waals surface area contributed by atoms with E-state index in [4.69, 9.17) is 4.42 Å². The molecule has 21 heavy (non-hydrogen) atoms. The highest BCUT2D eigenvalue weighted by Gasteiger charge is 2.24. The third kappa shape index (κ3) is 4.16. The third-order valence-electron chi connectivity index (χ3n) is 2.75. The maximum atomic E-state index is 12.4. The van der Waals surface area contributed by atoms with Crippen molar-refractivity contribution in [1.82, 2.24) is 19.6 Å². The van der Waals surface area contributed by atoms with Gasteiger partial charge in [0.05, 0.1) is 12.9 Å². The highest BCUT2D eigenvalue weighted by Crippen LogP contribution is 2.26. The van der Waals surface area contributed by atoms with Crippen LogP contribution in [0.5, 0.6) is 0 Å². The van der Waals surface area contributed by atoms with Crippen LogP contribution in [0.3, 0.4) is 0 Å². The average Bonchev–Trinajstić information content (AvgIpc) is 2.99. The second-order valence-electron chi connectivity index (χ2n) is 4.66. The van der Waals surface area contributed by atoms with Gasteiger partial charge in [-0.1, -0.05) is 0 Å². The molecule has 0 saturated heterocycles. The summed E-state index contributed by atoms with van der Waals surface area (Å²) in [5, 5.41) is 2.91. The number of rotatable bonds is 7. The summed E-state index contributed by atoms with van der Waals surface area (Å²) >= 11 is 3.14. The zero-order valence-electron chi connectivity index (χ0n) is 11.7. The van der Waals surface area contributed by atoms with Crippen molar-refractivity contribution in [2.45, 2.75) is 31.0 Å². The van der Waals surface area contributed by atoms with Gasteiger partial charge >= 0.3 is 0 Å². The topological polar surface area (TPSA) is 89.2 Å². The van der Waals surface area contributed by atoms with Crippen LogP contribution >= 0.6 is 15.9 Å². The summed E-state index contributed by atoms with van der Waals surface area (Å²) in [6.07, 6.45) is 5.07. The van der Waals surface area contributed by atoms with Crippen molar-refractivity contribution in [2.24, 2.45) is 0 Å². The molecule has 2 heterocycles. The Bertz CT molecular complexity index is 681. The smallest absolute Gasteiger partial charge is 0.245 e. The fraction of sp³-hybridized carbons (Fsp3) is 0.417. The molecule has 1 atom stereocenters. The number of sulfonamides is 1. The van der Waals surface area contributed by atoms with E-state index in [1.165, 1.54) is 6.07 Å². The molecule has 0 bridgehead atoms. The molecule has 0 saturated carbocycles. The average molecular weight is 377 g/mol. The molecule has 0 spiro atoms. The van der Waals surface area contributed by atoms with E-state index >= 15 is 0 Å². The summed E-state index contributed by atoms with van der Waals surface area (Å²) in [5.74, 6) is 0.548. The molecule has 7 nitrogen and oxygen atoms in total. The van der Waals surface area contributed by atoms with Crippen LogP contribution < -0.4 is 10.0 Å². The number of imidazole rings is 1. The molecule has 0 aliphatic rings. The predicted molar refractivity (Wildman–Crippen MR) is 81.2 cm³/mol. The van der Waals surface area contributed by atoms with Crippen LogP contribution in [0, 0.1) is 0 Å². The molecule has 0 aromatic carbocycles. The van der Waals surface area contributed by atoms with Crippen molar-refractivity contribution >= 4 is 26.0 Å². The van der Waals surface area contributed by atoms with Crippen molar-refractivity contribution in [1.29, 1.82) is 0 Å². The Hall–Kier alpha value is -1.16.